The van der Waals surface area contributed by atoms with Crippen LogP contribution in [0.1, 0.15) is 19.3 Å². The number of hydrogen-bond acceptors (Lipinski definition) is 10. The van der Waals surface area contributed by atoms with E-state index in [1.165, 1.54) is 0 Å². The van der Waals surface area contributed by atoms with Gasteiger partial charge in [-0.05, 0) is 12.8 Å². The van der Waals surface area contributed by atoms with E-state index in [9.17, 15) is 25.3 Å². The van der Waals surface area contributed by atoms with Gasteiger partial charge in [-0.2, -0.15) is 26.2 Å². The van der Waals surface area contributed by atoms with Crippen LogP contribution in [0.5, 0.6) is 0 Å². The SMILES string of the molecule is O=[SH](=O)OS(=O)(=O)OS(=O)(=O)ON1CCCCC1. The first-order valence-electron chi connectivity index (χ1n) is 4.70. The van der Waals surface area contributed by atoms with Crippen molar-refractivity contribution in [2.45, 2.75) is 19.3 Å². The highest BCUT2D eigenvalue weighted by Crippen LogP contribution is 2.13. The minimum absolute atomic E-state index is 0.291. The predicted octanol–water partition coefficient (Wildman–Crippen LogP) is -1.55. The molecule has 0 saturated carbocycles. The van der Waals surface area contributed by atoms with Gasteiger partial charge in [0.15, 0.2) is 0 Å². The van der Waals surface area contributed by atoms with Crippen LogP contribution in [0, 0.1) is 0 Å². The number of nitrogens with zero attached hydrogens (tertiary/aromatic N) is 1. The Morgan fingerprint density at radius 3 is 1.94 bits per heavy atom. The lowest BCUT2D eigenvalue weighted by molar-refractivity contribution is -0.0730. The number of piperidine rings is 1. The van der Waals surface area contributed by atoms with E-state index in [4.69, 9.17) is 0 Å². The van der Waals surface area contributed by atoms with Crippen LogP contribution in [-0.2, 0) is 43.3 Å². The summed E-state index contributed by atoms with van der Waals surface area (Å²) in [5.41, 5.74) is 0. The molecule has 0 aliphatic carbocycles. The van der Waals surface area contributed by atoms with Gasteiger partial charge in [0.25, 0.3) is 11.0 Å². The van der Waals surface area contributed by atoms with E-state index in [1.54, 1.807) is 0 Å². The van der Waals surface area contributed by atoms with Crippen LogP contribution in [0.3, 0.4) is 0 Å². The molecule has 1 heterocycles. The van der Waals surface area contributed by atoms with Gasteiger partial charge in [-0.15, -0.1) is 3.63 Å². The summed E-state index contributed by atoms with van der Waals surface area (Å²) in [4.78, 5) is 0. The third-order valence-corrected chi connectivity index (χ3v) is 4.77. The monoisotopic (exact) mass is 325 g/mol. The van der Waals surface area contributed by atoms with Crippen molar-refractivity contribution in [3.8, 4) is 0 Å². The third kappa shape index (κ3) is 6.03. The molecule has 18 heavy (non-hydrogen) atoms. The van der Waals surface area contributed by atoms with Gasteiger partial charge in [0, 0.05) is 13.1 Å². The molecular formula is C5H11NO9S3. The molecule has 0 spiro atoms. The first-order chi connectivity index (χ1) is 8.20. The van der Waals surface area contributed by atoms with Crippen LogP contribution in [0.15, 0.2) is 0 Å². The molecule has 108 valence electrons. The summed E-state index contributed by atoms with van der Waals surface area (Å²) in [6.45, 7) is 0.582. The Morgan fingerprint density at radius 2 is 1.44 bits per heavy atom. The van der Waals surface area contributed by atoms with Crippen LogP contribution < -0.4 is 0 Å². The van der Waals surface area contributed by atoms with E-state index in [1.807, 2.05) is 0 Å². The summed E-state index contributed by atoms with van der Waals surface area (Å²) < 4.78 is 75.0. The molecule has 13 heteroatoms. The molecule has 1 rings (SSSR count). The zero-order valence-electron chi connectivity index (χ0n) is 8.92. The summed E-state index contributed by atoms with van der Waals surface area (Å²) in [7, 11) is -14.0. The standard InChI is InChI=1S/C5H11NO9S3/c7-16(8)14-18(11,12)15-17(9,10)13-6-4-2-1-3-5-6/h16H,1-5H2. The van der Waals surface area contributed by atoms with Crippen molar-refractivity contribution >= 4 is 31.8 Å². The van der Waals surface area contributed by atoms with Gasteiger partial charge in [0.1, 0.15) is 0 Å². The second-order valence-electron chi connectivity index (χ2n) is 3.25. The normalized spacial score (nSPS) is 19.2. The molecule has 1 fully saturated rings. The highest BCUT2D eigenvalue weighted by Gasteiger charge is 2.29. The molecule has 10 nitrogen and oxygen atoms in total. The van der Waals surface area contributed by atoms with E-state index >= 15 is 0 Å². The molecule has 0 unspecified atom stereocenters. The fourth-order valence-electron chi connectivity index (χ4n) is 1.27. The lowest BCUT2D eigenvalue weighted by Crippen LogP contribution is -2.33. The zero-order valence-corrected chi connectivity index (χ0v) is 11.4. The van der Waals surface area contributed by atoms with Crippen molar-refractivity contribution in [1.82, 2.24) is 5.06 Å². The molecule has 0 amide bonds. The molecule has 0 aromatic rings. The number of hydroxylamine groups is 2. The third-order valence-electron chi connectivity index (χ3n) is 1.83. The lowest BCUT2D eigenvalue weighted by atomic mass is 10.2. The Morgan fingerprint density at radius 1 is 0.889 bits per heavy atom. The van der Waals surface area contributed by atoms with Gasteiger partial charge < -0.3 is 0 Å². The van der Waals surface area contributed by atoms with Crippen LogP contribution >= 0.6 is 0 Å². The maximum absolute atomic E-state index is 11.2. The Kier molecular flexibility index (Phi) is 5.45. The Labute approximate surface area is 106 Å². The van der Waals surface area contributed by atoms with Crippen LogP contribution in [0.4, 0.5) is 0 Å². The highest BCUT2D eigenvalue weighted by molar-refractivity contribution is 7.98. The van der Waals surface area contributed by atoms with Crippen LogP contribution in [0.2, 0.25) is 0 Å². The van der Waals surface area contributed by atoms with Crippen molar-refractivity contribution < 1.29 is 36.8 Å². The van der Waals surface area contributed by atoms with E-state index in [-0.39, 0.29) is 0 Å². The van der Waals surface area contributed by atoms with Crippen molar-refractivity contribution in [2.24, 2.45) is 0 Å². The zero-order chi connectivity index (χ0) is 13.8. The van der Waals surface area contributed by atoms with E-state index in [0.717, 1.165) is 11.5 Å². The molecule has 0 aromatic carbocycles. The van der Waals surface area contributed by atoms with Crippen molar-refractivity contribution in [3.63, 3.8) is 0 Å². The summed E-state index contributed by atoms with van der Waals surface area (Å²) in [6.07, 6.45) is 2.27. The van der Waals surface area contributed by atoms with Gasteiger partial charge in [-0.25, -0.2) is 8.42 Å². The topological polar surface area (TPSA) is 133 Å². The smallest absolute Gasteiger partial charge is 0.201 e. The minimum atomic E-state index is -5.23. The molecule has 1 aliphatic rings. The minimum Gasteiger partial charge on any atom is -0.201 e. The van der Waals surface area contributed by atoms with Crippen molar-refractivity contribution in [2.75, 3.05) is 13.1 Å². The predicted molar refractivity (Wildman–Crippen MR) is 56.8 cm³/mol. The van der Waals surface area contributed by atoms with E-state index in [0.29, 0.717) is 25.9 Å². The van der Waals surface area contributed by atoms with Crippen LogP contribution in [-0.4, -0.2) is 43.4 Å². The molecule has 1 aliphatic heterocycles. The first-order valence-corrected chi connectivity index (χ1v) is 8.46. The summed E-state index contributed by atoms with van der Waals surface area (Å²) in [5, 5.41) is 1.01. The summed E-state index contributed by atoms with van der Waals surface area (Å²) in [6, 6.07) is 0. The Balaban J connectivity index is 2.64. The van der Waals surface area contributed by atoms with Crippen molar-refractivity contribution in [3.05, 3.63) is 0 Å². The van der Waals surface area contributed by atoms with Gasteiger partial charge >= 0.3 is 20.8 Å². The quantitative estimate of drug-likeness (QED) is 0.572. The maximum Gasteiger partial charge on any atom is 0.432 e. The highest BCUT2D eigenvalue weighted by atomic mass is 32.3. The second-order valence-corrected chi connectivity index (χ2v) is 6.62. The molecule has 0 atom stereocenters. The average molecular weight is 325 g/mol. The molecule has 0 N–H and O–H groups in total. The largest absolute Gasteiger partial charge is 0.432 e. The molecule has 0 aromatic heterocycles. The lowest BCUT2D eigenvalue weighted by Gasteiger charge is -2.23. The first kappa shape index (κ1) is 15.7. The fourth-order valence-corrected chi connectivity index (χ4v) is 3.51. The van der Waals surface area contributed by atoms with Gasteiger partial charge in [-0.3, -0.25) is 0 Å². The fraction of sp³-hybridized carbons (Fsp3) is 1.00. The Bertz CT molecular complexity index is 533. The second kappa shape index (κ2) is 6.23. The van der Waals surface area contributed by atoms with E-state index < -0.39 is 31.8 Å². The maximum atomic E-state index is 11.2. The Hall–Kier alpha value is -0.310. The van der Waals surface area contributed by atoms with Gasteiger partial charge in [0.05, 0.1) is 0 Å². The molecular weight excluding hydrogens is 314 g/mol. The summed E-state index contributed by atoms with van der Waals surface area (Å²) in [5.74, 6) is 0. The van der Waals surface area contributed by atoms with Gasteiger partial charge in [0.2, 0.25) is 0 Å². The van der Waals surface area contributed by atoms with Gasteiger partial charge in [-0.1, -0.05) is 10.1 Å². The van der Waals surface area contributed by atoms with Crippen molar-refractivity contribution in [1.29, 1.82) is 0 Å². The number of hydrogen-bond donors (Lipinski definition) is 1. The number of thiol groups is 1. The number of rotatable bonds is 6. The van der Waals surface area contributed by atoms with E-state index in [2.05, 4.69) is 11.5 Å². The van der Waals surface area contributed by atoms with Crippen LogP contribution in [0.25, 0.3) is 0 Å². The molecule has 0 bridgehead atoms. The molecule has 0 radical (unpaired) electrons. The molecule has 1 saturated heterocycles. The average Bonchev–Trinajstić information content (AvgIpc) is 2.13. The summed E-state index contributed by atoms with van der Waals surface area (Å²) >= 11 is 0.